The van der Waals surface area contributed by atoms with Crippen LogP contribution in [-0.4, -0.2) is 48.2 Å². The highest BCUT2D eigenvalue weighted by Gasteiger charge is 2.29. The second-order valence-corrected chi connectivity index (χ2v) is 5.03. The summed E-state index contributed by atoms with van der Waals surface area (Å²) in [5, 5.41) is 12.3. The van der Waals surface area contributed by atoms with Crippen LogP contribution in [0.2, 0.25) is 0 Å². The molecule has 0 spiro atoms. The van der Waals surface area contributed by atoms with Crippen LogP contribution in [-0.2, 0) is 4.79 Å². The molecule has 16 heavy (non-hydrogen) atoms. The van der Waals surface area contributed by atoms with E-state index in [0.717, 1.165) is 26.1 Å². The van der Waals surface area contributed by atoms with Gasteiger partial charge in [-0.25, -0.2) is 0 Å². The molecule has 2 N–H and O–H groups in total. The van der Waals surface area contributed by atoms with Gasteiger partial charge in [0.1, 0.15) is 0 Å². The van der Waals surface area contributed by atoms with Crippen LogP contribution >= 0.6 is 0 Å². The zero-order valence-electron chi connectivity index (χ0n) is 9.82. The number of rotatable bonds is 4. The molecule has 2 aliphatic heterocycles. The number of piperidine rings is 1. The van der Waals surface area contributed by atoms with Crippen LogP contribution in [0.4, 0.5) is 0 Å². The Balaban J connectivity index is 1.60. The lowest BCUT2D eigenvalue weighted by Gasteiger charge is -2.38. The zero-order chi connectivity index (χ0) is 11.4. The van der Waals surface area contributed by atoms with Gasteiger partial charge in [-0.1, -0.05) is 6.42 Å². The lowest BCUT2D eigenvalue weighted by molar-refractivity contribution is -0.138. The number of nitrogens with one attached hydrogen (secondary N) is 1. The van der Waals surface area contributed by atoms with Crippen LogP contribution in [0.1, 0.15) is 32.1 Å². The summed E-state index contributed by atoms with van der Waals surface area (Å²) >= 11 is 0. The van der Waals surface area contributed by atoms with E-state index in [4.69, 9.17) is 5.11 Å². The quantitative estimate of drug-likeness (QED) is 0.728. The Labute approximate surface area is 97.0 Å². The number of amides is 1. The Morgan fingerprint density at radius 1 is 1.38 bits per heavy atom. The van der Waals surface area contributed by atoms with Gasteiger partial charge in [-0.2, -0.15) is 0 Å². The van der Waals surface area contributed by atoms with E-state index >= 15 is 0 Å². The highest BCUT2D eigenvalue weighted by molar-refractivity contribution is 5.77. The third kappa shape index (κ3) is 2.95. The fourth-order valence-corrected chi connectivity index (χ4v) is 2.52. The Morgan fingerprint density at radius 3 is 2.81 bits per heavy atom. The summed E-state index contributed by atoms with van der Waals surface area (Å²) in [7, 11) is 0. The maximum Gasteiger partial charge on any atom is 0.222 e. The first-order chi connectivity index (χ1) is 7.79. The third-order valence-electron chi connectivity index (χ3n) is 3.69. The lowest BCUT2D eigenvalue weighted by Crippen LogP contribution is -2.51. The van der Waals surface area contributed by atoms with Crippen LogP contribution < -0.4 is 5.32 Å². The molecule has 0 aliphatic carbocycles. The minimum Gasteiger partial charge on any atom is -0.396 e. The molecule has 0 radical (unpaired) electrons. The molecule has 2 fully saturated rings. The predicted octanol–water partition coefficient (Wildman–Crippen LogP) is 0.359. The number of nitrogens with zero attached hydrogens (tertiary/aromatic N) is 1. The molecule has 2 heterocycles. The van der Waals surface area contributed by atoms with Gasteiger partial charge in [0.15, 0.2) is 0 Å². The molecule has 2 saturated heterocycles. The first-order valence-corrected chi connectivity index (χ1v) is 6.41. The number of aliphatic hydroxyl groups excluding tert-OH is 1. The van der Waals surface area contributed by atoms with Crippen LogP contribution in [0.15, 0.2) is 0 Å². The number of likely N-dealkylation sites (tertiary alicyclic amines) is 1. The minimum atomic E-state index is 0.216. The minimum absolute atomic E-state index is 0.216. The normalized spacial score (nSPS) is 26.6. The zero-order valence-corrected chi connectivity index (χ0v) is 9.82. The lowest BCUT2D eigenvalue weighted by atomic mass is 9.97. The summed E-state index contributed by atoms with van der Waals surface area (Å²) in [6, 6.07) is 0.549. The molecule has 0 aromatic carbocycles. The van der Waals surface area contributed by atoms with E-state index in [1.165, 1.54) is 19.3 Å². The summed E-state index contributed by atoms with van der Waals surface area (Å²) in [6.07, 6.45) is 5.42. The third-order valence-corrected chi connectivity index (χ3v) is 3.69. The fraction of sp³-hybridized carbons (Fsp3) is 0.917. The van der Waals surface area contributed by atoms with E-state index in [2.05, 4.69) is 5.32 Å². The average molecular weight is 226 g/mol. The molecule has 2 aliphatic rings. The molecule has 1 amide bonds. The van der Waals surface area contributed by atoms with Crippen molar-refractivity contribution in [2.75, 3.05) is 26.2 Å². The summed E-state index contributed by atoms with van der Waals surface area (Å²) < 4.78 is 0. The highest BCUT2D eigenvalue weighted by atomic mass is 16.3. The van der Waals surface area contributed by atoms with Crippen molar-refractivity contribution in [1.29, 1.82) is 0 Å². The topological polar surface area (TPSA) is 52.6 Å². The van der Waals surface area contributed by atoms with Gasteiger partial charge >= 0.3 is 0 Å². The highest BCUT2D eigenvalue weighted by Crippen LogP contribution is 2.18. The second kappa shape index (κ2) is 5.64. The fourth-order valence-electron chi connectivity index (χ4n) is 2.52. The van der Waals surface area contributed by atoms with Crippen LogP contribution in [0.5, 0.6) is 0 Å². The molecule has 1 atom stereocenters. The maximum absolute atomic E-state index is 11.7. The molecule has 0 bridgehead atoms. The number of hydrogen-bond acceptors (Lipinski definition) is 3. The van der Waals surface area contributed by atoms with Crippen LogP contribution in [0, 0.1) is 5.92 Å². The van der Waals surface area contributed by atoms with Crippen molar-refractivity contribution in [3.05, 3.63) is 0 Å². The summed E-state index contributed by atoms with van der Waals surface area (Å²) in [5.41, 5.74) is 0. The van der Waals surface area contributed by atoms with Gasteiger partial charge < -0.3 is 15.3 Å². The van der Waals surface area contributed by atoms with Crippen molar-refractivity contribution in [3.8, 4) is 0 Å². The maximum atomic E-state index is 11.7. The number of carbonyl (C=O) groups excluding carboxylic acids is 1. The van der Waals surface area contributed by atoms with Gasteiger partial charge in [-0.3, -0.25) is 4.79 Å². The largest absolute Gasteiger partial charge is 0.396 e. The van der Waals surface area contributed by atoms with Gasteiger partial charge in [0.05, 0.1) is 0 Å². The van der Waals surface area contributed by atoms with E-state index < -0.39 is 0 Å². The monoisotopic (exact) mass is 226 g/mol. The van der Waals surface area contributed by atoms with Gasteiger partial charge in [0.25, 0.3) is 0 Å². The molecule has 0 aromatic rings. The van der Waals surface area contributed by atoms with Crippen molar-refractivity contribution in [2.45, 2.75) is 38.1 Å². The van der Waals surface area contributed by atoms with Gasteiger partial charge in [-0.05, 0) is 25.8 Å². The van der Waals surface area contributed by atoms with E-state index in [0.29, 0.717) is 18.4 Å². The van der Waals surface area contributed by atoms with Crippen molar-refractivity contribution < 1.29 is 9.90 Å². The average Bonchev–Trinajstić information content (AvgIpc) is 2.26. The van der Waals surface area contributed by atoms with Crippen molar-refractivity contribution >= 4 is 5.91 Å². The van der Waals surface area contributed by atoms with Gasteiger partial charge in [0.2, 0.25) is 5.91 Å². The first-order valence-electron chi connectivity index (χ1n) is 6.41. The summed E-state index contributed by atoms with van der Waals surface area (Å²) in [4.78, 5) is 13.6. The van der Waals surface area contributed by atoms with Gasteiger partial charge in [-0.15, -0.1) is 0 Å². The predicted molar refractivity (Wildman–Crippen MR) is 62.0 cm³/mol. The molecular formula is C12H22N2O2. The van der Waals surface area contributed by atoms with Gasteiger partial charge in [0, 0.05) is 38.1 Å². The van der Waals surface area contributed by atoms with Crippen molar-refractivity contribution in [1.82, 2.24) is 10.2 Å². The Hall–Kier alpha value is -0.610. The van der Waals surface area contributed by atoms with Crippen LogP contribution in [0.3, 0.4) is 0 Å². The number of hydrogen-bond donors (Lipinski definition) is 2. The molecule has 1 unspecified atom stereocenters. The van der Waals surface area contributed by atoms with E-state index in [9.17, 15) is 4.79 Å². The smallest absolute Gasteiger partial charge is 0.222 e. The Morgan fingerprint density at radius 2 is 2.19 bits per heavy atom. The number of carbonyl (C=O) groups is 1. The van der Waals surface area contributed by atoms with Crippen LogP contribution in [0.25, 0.3) is 0 Å². The Bertz CT molecular complexity index is 233. The molecule has 92 valence electrons. The van der Waals surface area contributed by atoms with E-state index in [1.807, 2.05) is 4.90 Å². The molecule has 2 rings (SSSR count). The molecule has 4 heteroatoms. The second-order valence-electron chi connectivity index (χ2n) is 5.03. The van der Waals surface area contributed by atoms with E-state index in [-0.39, 0.29) is 12.5 Å². The number of aliphatic hydroxyl groups is 1. The summed E-state index contributed by atoms with van der Waals surface area (Å²) in [6.45, 7) is 2.84. The van der Waals surface area contributed by atoms with E-state index in [1.54, 1.807) is 0 Å². The SMILES string of the molecule is O=C(CCC1CCCCN1)N1CC(CO)C1. The molecular weight excluding hydrogens is 204 g/mol. The molecule has 4 nitrogen and oxygen atoms in total. The molecule has 0 aromatic heterocycles. The standard InChI is InChI=1S/C12H22N2O2/c15-9-10-7-14(8-10)12(16)5-4-11-3-1-2-6-13-11/h10-11,13,15H,1-9H2. The first kappa shape index (κ1) is 11.9. The Kier molecular flexibility index (Phi) is 4.18. The van der Waals surface area contributed by atoms with Crippen molar-refractivity contribution in [3.63, 3.8) is 0 Å². The summed E-state index contributed by atoms with van der Waals surface area (Å²) in [5.74, 6) is 0.592. The molecule has 0 saturated carbocycles. The van der Waals surface area contributed by atoms with Crippen molar-refractivity contribution in [2.24, 2.45) is 5.92 Å².